The van der Waals surface area contributed by atoms with Gasteiger partial charge in [0.1, 0.15) is 10.3 Å². The van der Waals surface area contributed by atoms with Gasteiger partial charge in [0.05, 0.1) is 6.54 Å². The first-order chi connectivity index (χ1) is 9.92. The Hall–Kier alpha value is -1.45. The lowest BCUT2D eigenvalue weighted by atomic mass is 10.0. The number of thiophene rings is 1. The minimum atomic E-state index is -3.71. The molecule has 1 saturated heterocycles. The van der Waals surface area contributed by atoms with Crippen LogP contribution in [0.1, 0.15) is 19.3 Å². The van der Waals surface area contributed by atoms with Crippen molar-refractivity contribution in [3.63, 3.8) is 0 Å². The van der Waals surface area contributed by atoms with Crippen molar-refractivity contribution >= 4 is 33.2 Å². The van der Waals surface area contributed by atoms with Crippen molar-refractivity contribution in [1.82, 2.24) is 9.62 Å². The van der Waals surface area contributed by atoms with Crippen LogP contribution in [0.15, 0.2) is 21.7 Å². The molecule has 1 atom stereocenters. The SMILES string of the molecule is O=C(O)[C@H]1CCCCN1C(=O)CNS(=O)(=O)c1cccs1. The second kappa shape index (κ2) is 6.54. The lowest BCUT2D eigenvalue weighted by Crippen LogP contribution is -2.51. The van der Waals surface area contributed by atoms with Gasteiger partial charge in [-0.25, -0.2) is 17.9 Å². The fourth-order valence-corrected chi connectivity index (χ4v) is 4.24. The number of nitrogens with one attached hydrogen (secondary N) is 1. The number of rotatable bonds is 5. The summed E-state index contributed by atoms with van der Waals surface area (Å²) in [5.74, 6) is -1.56. The standard InChI is InChI=1S/C12H16N2O5S2/c15-10(14-6-2-1-4-9(14)12(16)17)8-13-21(18,19)11-5-3-7-20-11/h3,5,7,9,13H,1-2,4,6,8H2,(H,16,17)/t9-/m1/s1. The highest BCUT2D eigenvalue weighted by Crippen LogP contribution is 2.18. The average Bonchev–Trinajstić information content (AvgIpc) is 3.00. The second-order valence-electron chi connectivity index (χ2n) is 4.69. The summed E-state index contributed by atoms with van der Waals surface area (Å²) in [6, 6.07) is 2.18. The maximum absolute atomic E-state index is 12.1. The predicted octanol–water partition coefficient (Wildman–Crippen LogP) is 0.492. The molecule has 0 bridgehead atoms. The molecule has 0 aliphatic carbocycles. The molecule has 2 heterocycles. The molecule has 1 amide bonds. The van der Waals surface area contributed by atoms with Crippen LogP contribution in [-0.4, -0.2) is 49.4 Å². The lowest BCUT2D eigenvalue weighted by Gasteiger charge is -2.32. The maximum atomic E-state index is 12.1. The van der Waals surface area contributed by atoms with Crippen LogP contribution in [-0.2, 0) is 19.6 Å². The monoisotopic (exact) mass is 332 g/mol. The number of sulfonamides is 1. The van der Waals surface area contributed by atoms with Crippen LogP contribution >= 0.6 is 11.3 Å². The van der Waals surface area contributed by atoms with Gasteiger partial charge in [-0.15, -0.1) is 11.3 Å². The van der Waals surface area contributed by atoms with Gasteiger partial charge in [-0.05, 0) is 30.7 Å². The van der Waals surface area contributed by atoms with Gasteiger partial charge in [0, 0.05) is 6.54 Å². The van der Waals surface area contributed by atoms with Crippen LogP contribution in [0.5, 0.6) is 0 Å². The predicted molar refractivity (Wildman–Crippen MR) is 76.5 cm³/mol. The number of carbonyl (C=O) groups excluding carboxylic acids is 1. The first-order valence-electron chi connectivity index (χ1n) is 6.47. The fraction of sp³-hybridized carbons (Fsp3) is 0.500. The van der Waals surface area contributed by atoms with E-state index in [1.807, 2.05) is 0 Å². The maximum Gasteiger partial charge on any atom is 0.326 e. The molecule has 0 radical (unpaired) electrons. The lowest BCUT2D eigenvalue weighted by molar-refractivity contribution is -0.151. The van der Waals surface area contributed by atoms with Crippen LogP contribution in [0.4, 0.5) is 0 Å². The van der Waals surface area contributed by atoms with Crippen LogP contribution in [0.25, 0.3) is 0 Å². The normalized spacial score (nSPS) is 19.4. The van der Waals surface area contributed by atoms with Gasteiger partial charge < -0.3 is 10.0 Å². The highest BCUT2D eigenvalue weighted by molar-refractivity contribution is 7.91. The highest BCUT2D eigenvalue weighted by atomic mass is 32.2. The van der Waals surface area contributed by atoms with Gasteiger partial charge in [0.15, 0.2) is 0 Å². The van der Waals surface area contributed by atoms with E-state index in [-0.39, 0.29) is 4.21 Å². The van der Waals surface area contributed by atoms with E-state index in [0.29, 0.717) is 13.0 Å². The topological polar surface area (TPSA) is 104 Å². The number of piperidine rings is 1. The third-order valence-electron chi connectivity index (χ3n) is 3.28. The van der Waals surface area contributed by atoms with Gasteiger partial charge >= 0.3 is 5.97 Å². The Morgan fingerprint density at radius 1 is 1.43 bits per heavy atom. The first kappa shape index (κ1) is 15.9. The molecule has 0 saturated carbocycles. The zero-order chi connectivity index (χ0) is 15.5. The Kier molecular flexibility index (Phi) is 4.96. The van der Waals surface area contributed by atoms with Crippen molar-refractivity contribution < 1.29 is 23.1 Å². The summed E-state index contributed by atoms with van der Waals surface area (Å²) >= 11 is 1.05. The molecule has 1 aliphatic heterocycles. The largest absolute Gasteiger partial charge is 0.480 e. The van der Waals surface area contributed by atoms with Crippen molar-refractivity contribution in [3.8, 4) is 0 Å². The second-order valence-corrected chi connectivity index (χ2v) is 7.64. The molecule has 21 heavy (non-hydrogen) atoms. The summed E-state index contributed by atoms with van der Waals surface area (Å²) in [5, 5.41) is 10.7. The fourth-order valence-electron chi connectivity index (χ4n) is 2.23. The quantitative estimate of drug-likeness (QED) is 0.817. The number of likely N-dealkylation sites (tertiary alicyclic amines) is 1. The van der Waals surface area contributed by atoms with Gasteiger partial charge in [0.2, 0.25) is 5.91 Å². The van der Waals surface area contributed by atoms with Crippen LogP contribution in [0.2, 0.25) is 0 Å². The van der Waals surface area contributed by atoms with Crippen molar-refractivity contribution in [2.45, 2.75) is 29.5 Å². The van der Waals surface area contributed by atoms with Gasteiger partial charge in [-0.1, -0.05) is 6.07 Å². The molecule has 7 nitrogen and oxygen atoms in total. The Morgan fingerprint density at radius 3 is 2.81 bits per heavy atom. The Bertz CT molecular complexity index is 612. The van der Waals surface area contributed by atoms with E-state index < -0.39 is 34.5 Å². The summed E-state index contributed by atoms with van der Waals surface area (Å²) in [5.41, 5.74) is 0. The zero-order valence-corrected chi connectivity index (χ0v) is 12.8. The zero-order valence-electron chi connectivity index (χ0n) is 11.2. The first-order valence-corrected chi connectivity index (χ1v) is 8.83. The molecule has 2 N–H and O–H groups in total. The minimum absolute atomic E-state index is 0.128. The summed E-state index contributed by atoms with van der Waals surface area (Å²) < 4.78 is 26.2. The van der Waals surface area contributed by atoms with Gasteiger partial charge in [-0.3, -0.25) is 4.79 Å². The molecule has 1 aromatic heterocycles. The van der Waals surface area contributed by atoms with E-state index in [2.05, 4.69) is 4.72 Å². The Balaban J connectivity index is 1.99. The summed E-state index contributed by atoms with van der Waals surface area (Å²) in [4.78, 5) is 24.4. The van der Waals surface area contributed by atoms with Crippen molar-refractivity contribution in [1.29, 1.82) is 0 Å². The molecule has 0 spiro atoms. The van der Waals surface area contributed by atoms with E-state index in [4.69, 9.17) is 5.11 Å². The third kappa shape index (κ3) is 3.80. The number of hydrogen-bond acceptors (Lipinski definition) is 5. The van der Waals surface area contributed by atoms with Crippen molar-refractivity contribution in [2.24, 2.45) is 0 Å². The number of nitrogens with zero attached hydrogens (tertiary/aromatic N) is 1. The van der Waals surface area contributed by atoms with Crippen LogP contribution in [0.3, 0.4) is 0 Å². The average molecular weight is 332 g/mol. The number of hydrogen-bond donors (Lipinski definition) is 2. The van der Waals surface area contributed by atoms with Gasteiger partial charge in [-0.2, -0.15) is 0 Å². The highest BCUT2D eigenvalue weighted by Gasteiger charge is 2.32. The smallest absolute Gasteiger partial charge is 0.326 e. The molecular weight excluding hydrogens is 316 g/mol. The number of carboxylic acid groups (broad SMARTS) is 1. The van der Waals surface area contributed by atoms with Crippen molar-refractivity contribution in [3.05, 3.63) is 17.5 Å². The van der Waals surface area contributed by atoms with E-state index in [1.54, 1.807) is 11.4 Å². The molecule has 0 aromatic carbocycles. The number of carboxylic acids is 1. The number of amides is 1. The molecule has 2 rings (SSSR count). The summed E-state index contributed by atoms with van der Waals surface area (Å²) in [7, 11) is -3.71. The Labute approximate surface area is 126 Å². The van der Waals surface area contributed by atoms with E-state index in [9.17, 15) is 18.0 Å². The summed E-state index contributed by atoms with van der Waals surface area (Å²) in [6.45, 7) is -0.0828. The Morgan fingerprint density at radius 2 is 2.19 bits per heavy atom. The number of aliphatic carboxylic acids is 1. The molecule has 1 fully saturated rings. The van der Waals surface area contributed by atoms with E-state index in [0.717, 1.165) is 24.2 Å². The van der Waals surface area contributed by atoms with E-state index >= 15 is 0 Å². The molecule has 116 valence electrons. The molecule has 1 aliphatic rings. The summed E-state index contributed by atoms with van der Waals surface area (Å²) in [6.07, 6.45) is 1.88. The van der Waals surface area contributed by atoms with Gasteiger partial charge in [0.25, 0.3) is 10.0 Å². The van der Waals surface area contributed by atoms with Crippen LogP contribution in [0, 0.1) is 0 Å². The molecular formula is C12H16N2O5S2. The molecule has 1 aromatic rings. The minimum Gasteiger partial charge on any atom is -0.480 e. The third-order valence-corrected chi connectivity index (χ3v) is 6.08. The van der Waals surface area contributed by atoms with Crippen molar-refractivity contribution in [2.75, 3.05) is 13.1 Å². The molecule has 0 unspecified atom stereocenters. The van der Waals surface area contributed by atoms with E-state index in [1.165, 1.54) is 11.0 Å². The van der Waals surface area contributed by atoms with Crippen LogP contribution < -0.4 is 4.72 Å². The number of carbonyl (C=O) groups is 2. The molecule has 9 heteroatoms.